The fourth-order valence-corrected chi connectivity index (χ4v) is 2.77. The van der Waals surface area contributed by atoms with Gasteiger partial charge in [0.2, 0.25) is 0 Å². The summed E-state index contributed by atoms with van der Waals surface area (Å²) in [6.07, 6.45) is 2.61. The van der Waals surface area contributed by atoms with Crippen molar-refractivity contribution in [2.75, 3.05) is 18.0 Å². The van der Waals surface area contributed by atoms with E-state index in [0.29, 0.717) is 5.41 Å². The van der Waals surface area contributed by atoms with Crippen LogP contribution in [0.25, 0.3) is 0 Å². The molecule has 84 valence electrons. The third-order valence-electron chi connectivity index (χ3n) is 2.87. The van der Waals surface area contributed by atoms with Crippen LogP contribution in [0.5, 0.6) is 0 Å². The smallest absolute Gasteiger partial charge is 0.185 e. The topological polar surface area (TPSA) is 36.4 Å². The summed E-state index contributed by atoms with van der Waals surface area (Å²) in [6.45, 7) is 8.51. The van der Waals surface area contributed by atoms with Gasteiger partial charge in [-0.05, 0) is 18.8 Å². The Labute approximate surface area is 94.8 Å². The average molecular weight is 226 g/mol. The van der Waals surface area contributed by atoms with Crippen LogP contribution in [0.1, 0.15) is 38.2 Å². The molecule has 1 saturated heterocycles. The molecule has 1 unspecified atom stereocenters. The number of hydrogen-bond donors (Lipinski definition) is 1. The van der Waals surface area contributed by atoms with Crippen molar-refractivity contribution in [3.05, 3.63) is 11.1 Å². The summed E-state index contributed by atoms with van der Waals surface area (Å²) in [5, 5.41) is 10.5. The van der Waals surface area contributed by atoms with Crippen LogP contribution in [0.4, 0.5) is 5.13 Å². The van der Waals surface area contributed by atoms with E-state index in [9.17, 15) is 5.11 Å². The Hall–Kier alpha value is -0.610. The van der Waals surface area contributed by atoms with E-state index in [4.69, 9.17) is 0 Å². The molecule has 1 atom stereocenters. The predicted octanol–water partition coefficient (Wildman–Crippen LogP) is 2.43. The van der Waals surface area contributed by atoms with E-state index in [-0.39, 0.29) is 0 Å². The lowest BCUT2D eigenvalue weighted by Gasteiger charge is -2.18. The number of nitrogens with zero attached hydrogens (tertiary/aromatic N) is 2. The van der Waals surface area contributed by atoms with E-state index in [1.54, 1.807) is 24.5 Å². The molecule has 4 heteroatoms. The highest BCUT2D eigenvalue weighted by atomic mass is 32.1. The van der Waals surface area contributed by atoms with Crippen LogP contribution < -0.4 is 4.90 Å². The van der Waals surface area contributed by atoms with Gasteiger partial charge in [-0.15, -0.1) is 0 Å². The third kappa shape index (κ3) is 2.32. The highest BCUT2D eigenvalue weighted by molar-refractivity contribution is 7.15. The van der Waals surface area contributed by atoms with Crippen LogP contribution in [0.15, 0.2) is 6.20 Å². The largest absolute Gasteiger partial charge is 0.388 e. The molecule has 2 rings (SSSR count). The highest BCUT2D eigenvalue weighted by Gasteiger charge is 2.30. The van der Waals surface area contributed by atoms with Gasteiger partial charge in [-0.25, -0.2) is 4.98 Å². The molecule has 0 radical (unpaired) electrons. The minimum atomic E-state index is -0.396. The van der Waals surface area contributed by atoms with Crippen LogP contribution in [0, 0.1) is 5.41 Å². The zero-order chi connectivity index (χ0) is 11.1. The molecule has 0 bridgehead atoms. The minimum Gasteiger partial charge on any atom is -0.388 e. The molecule has 0 spiro atoms. The maximum absolute atomic E-state index is 9.43. The molecule has 0 aromatic carbocycles. The third-order valence-corrected chi connectivity index (χ3v) is 4.10. The molecule has 1 fully saturated rings. The van der Waals surface area contributed by atoms with Crippen molar-refractivity contribution in [1.29, 1.82) is 0 Å². The van der Waals surface area contributed by atoms with Crippen LogP contribution in [0.3, 0.4) is 0 Å². The highest BCUT2D eigenvalue weighted by Crippen LogP contribution is 2.35. The van der Waals surface area contributed by atoms with Crippen molar-refractivity contribution >= 4 is 16.5 Å². The summed E-state index contributed by atoms with van der Waals surface area (Å²) in [4.78, 5) is 7.64. The van der Waals surface area contributed by atoms with Gasteiger partial charge in [0.05, 0.1) is 11.0 Å². The van der Waals surface area contributed by atoms with Crippen molar-refractivity contribution in [3.8, 4) is 0 Å². The number of anilines is 1. The summed E-state index contributed by atoms with van der Waals surface area (Å²) in [5.41, 5.74) is 0.399. The van der Waals surface area contributed by atoms with E-state index in [0.717, 1.165) is 23.1 Å². The van der Waals surface area contributed by atoms with Gasteiger partial charge in [0, 0.05) is 19.3 Å². The predicted molar refractivity (Wildman–Crippen MR) is 63.4 cm³/mol. The molecule has 3 nitrogen and oxygen atoms in total. The van der Waals surface area contributed by atoms with Gasteiger partial charge in [0.25, 0.3) is 0 Å². The van der Waals surface area contributed by atoms with Gasteiger partial charge in [-0.1, -0.05) is 25.2 Å². The Morgan fingerprint density at radius 2 is 2.33 bits per heavy atom. The Balaban J connectivity index is 2.11. The molecule has 0 saturated carbocycles. The second-order valence-corrected chi connectivity index (χ2v) is 6.10. The fraction of sp³-hybridized carbons (Fsp3) is 0.727. The van der Waals surface area contributed by atoms with E-state index in [1.165, 1.54) is 6.42 Å². The van der Waals surface area contributed by atoms with E-state index in [1.807, 2.05) is 0 Å². The zero-order valence-electron chi connectivity index (χ0n) is 9.53. The second-order valence-electron chi connectivity index (χ2n) is 5.06. The molecule has 1 aromatic heterocycles. The molecule has 1 aromatic rings. The molecule has 1 N–H and O–H groups in total. The molecule has 0 amide bonds. The maximum Gasteiger partial charge on any atom is 0.185 e. The molecular weight excluding hydrogens is 208 g/mol. The van der Waals surface area contributed by atoms with Crippen molar-refractivity contribution in [2.45, 2.75) is 33.3 Å². The Morgan fingerprint density at radius 3 is 2.80 bits per heavy atom. The molecule has 1 aliphatic heterocycles. The Kier molecular flexibility index (Phi) is 2.73. The molecule has 2 heterocycles. The number of aliphatic hydroxyl groups excluding tert-OH is 1. The quantitative estimate of drug-likeness (QED) is 0.841. The van der Waals surface area contributed by atoms with Gasteiger partial charge in [0.1, 0.15) is 0 Å². The summed E-state index contributed by atoms with van der Waals surface area (Å²) in [7, 11) is 0. The maximum atomic E-state index is 9.43. The van der Waals surface area contributed by atoms with Gasteiger partial charge in [-0.2, -0.15) is 0 Å². The molecular formula is C11H18N2OS. The van der Waals surface area contributed by atoms with Crippen molar-refractivity contribution in [2.24, 2.45) is 5.41 Å². The fourth-order valence-electron chi connectivity index (χ4n) is 1.89. The lowest BCUT2D eigenvalue weighted by atomic mass is 9.93. The van der Waals surface area contributed by atoms with Crippen LogP contribution in [-0.4, -0.2) is 23.2 Å². The Bertz CT molecular complexity index is 346. The SMILES string of the molecule is CC(O)c1cnc(N2CCC(C)(C)C2)s1. The number of thiazole rings is 1. The summed E-state index contributed by atoms with van der Waals surface area (Å²) >= 11 is 1.60. The lowest BCUT2D eigenvalue weighted by molar-refractivity contribution is 0.203. The van der Waals surface area contributed by atoms with Crippen molar-refractivity contribution < 1.29 is 5.11 Å². The normalized spacial score (nSPS) is 22.0. The molecule has 1 aliphatic rings. The first kappa shape index (κ1) is 10.9. The van der Waals surface area contributed by atoms with Crippen LogP contribution >= 0.6 is 11.3 Å². The van der Waals surface area contributed by atoms with Gasteiger partial charge in [-0.3, -0.25) is 0 Å². The van der Waals surface area contributed by atoms with Gasteiger partial charge >= 0.3 is 0 Å². The average Bonchev–Trinajstić information content (AvgIpc) is 2.70. The Morgan fingerprint density at radius 1 is 1.60 bits per heavy atom. The van der Waals surface area contributed by atoms with Crippen LogP contribution in [0.2, 0.25) is 0 Å². The number of hydrogen-bond acceptors (Lipinski definition) is 4. The van der Waals surface area contributed by atoms with Crippen LogP contribution in [-0.2, 0) is 0 Å². The number of rotatable bonds is 2. The number of aliphatic hydroxyl groups is 1. The van der Waals surface area contributed by atoms with Crippen molar-refractivity contribution in [1.82, 2.24) is 4.98 Å². The monoisotopic (exact) mass is 226 g/mol. The van der Waals surface area contributed by atoms with Gasteiger partial charge < -0.3 is 10.0 Å². The first-order valence-corrected chi connectivity index (χ1v) is 6.18. The first-order chi connectivity index (χ1) is 6.98. The number of aromatic nitrogens is 1. The van der Waals surface area contributed by atoms with Crippen molar-refractivity contribution in [3.63, 3.8) is 0 Å². The van der Waals surface area contributed by atoms with E-state index >= 15 is 0 Å². The van der Waals surface area contributed by atoms with E-state index in [2.05, 4.69) is 23.7 Å². The second kappa shape index (κ2) is 3.76. The summed E-state index contributed by atoms with van der Waals surface area (Å²) in [5.74, 6) is 0. The summed E-state index contributed by atoms with van der Waals surface area (Å²) < 4.78 is 0. The minimum absolute atomic E-state index is 0.396. The van der Waals surface area contributed by atoms with E-state index < -0.39 is 6.10 Å². The molecule has 15 heavy (non-hydrogen) atoms. The summed E-state index contributed by atoms with van der Waals surface area (Å²) in [6, 6.07) is 0. The molecule has 0 aliphatic carbocycles. The standard InChI is InChI=1S/C11H18N2OS/c1-8(14)9-6-12-10(15-9)13-5-4-11(2,3)7-13/h6,8,14H,4-5,7H2,1-3H3. The zero-order valence-corrected chi connectivity index (χ0v) is 10.3. The van der Waals surface area contributed by atoms with Gasteiger partial charge in [0.15, 0.2) is 5.13 Å². The first-order valence-electron chi connectivity index (χ1n) is 5.37. The lowest BCUT2D eigenvalue weighted by Crippen LogP contribution is -2.22.